The van der Waals surface area contributed by atoms with Crippen LogP contribution in [0.1, 0.15) is 6.92 Å². The number of nitrogens with one attached hydrogen (secondary N) is 1. The van der Waals surface area contributed by atoms with Crippen LogP contribution in [0.5, 0.6) is 11.5 Å². The summed E-state index contributed by atoms with van der Waals surface area (Å²) in [5.74, 6) is -0.352. The Balaban J connectivity index is 1.93. The van der Waals surface area contributed by atoms with E-state index in [4.69, 9.17) is 4.74 Å². The van der Waals surface area contributed by atoms with Gasteiger partial charge in [0.15, 0.2) is 11.6 Å². The Kier molecular flexibility index (Phi) is 5.24. The third kappa shape index (κ3) is 4.02. The number of hydrogen-bond acceptors (Lipinski definition) is 5. The normalized spacial score (nSPS) is 11.6. The van der Waals surface area contributed by atoms with Gasteiger partial charge in [-0.15, -0.1) is 0 Å². The van der Waals surface area contributed by atoms with Gasteiger partial charge in [0, 0.05) is 24.5 Å². The smallest absolute Gasteiger partial charge is 0.276 e. The van der Waals surface area contributed by atoms with Gasteiger partial charge in [-0.25, -0.2) is 17.8 Å². The van der Waals surface area contributed by atoms with Crippen LogP contribution in [0.25, 0.3) is 16.8 Å². The summed E-state index contributed by atoms with van der Waals surface area (Å²) in [5, 5.41) is 0. The second-order valence-corrected chi connectivity index (χ2v) is 8.84. The first kappa shape index (κ1) is 20.6. The highest BCUT2D eigenvalue weighted by molar-refractivity contribution is 7.92. The Hall–Kier alpha value is -3.66. The van der Waals surface area contributed by atoms with E-state index in [0.717, 1.165) is 0 Å². The highest BCUT2D eigenvalue weighted by Gasteiger charge is 2.17. The lowest BCUT2D eigenvalue weighted by molar-refractivity contribution is 0.443. The molecule has 10 heteroatoms. The summed E-state index contributed by atoms with van der Waals surface area (Å²) in [5.41, 5.74) is 1.34. The lowest BCUT2D eigenvalue weighted by Gasteiger charge is -2.16. The molecule has 0 aliphatic carbocycles. The minimum atomic E-state index is -3.52. The average Bonchev–Trinajstić information content (AvgIpc) is 3.23. The Morgan fingerprint density at radius 2 is 1.94 bits per heavy atom. The van der Waals surface area contributed by atoms with Gasteiger partial charge in [-0.1, -0.05) is 12.1 Å². The zero-order valence-corrected chi connectivity index (χ0v) is 17.6. The van der Waals surface area contributed by atoms with Gasteiger partial charge in [0.05, 0.1) is 24.0 Å². The number of nitrogens with zero attached hydrogens (tertiary/aromatic N) is 3. The van der Waals surface area contributed by atoms with Crippen molar-refractivity contribution >= 4 is 21.2 Å². The number of hydrogen-bond donors (Lipinski definition) is 1. The van der Waals surface area contributed by atoms with E-state index < -0.39 is 15.8 Å². The van der Waals surface area contributed by atoms with Gasteiger partial charge in [0.25, 0.3) is 5.56 Å². The molecule has 0 saturated carbocycles. The molecule has 4 rings (SSSR count). The van der Waals surface area contributed by atoms with Gasteiger partial charge in [-0.05, 0) is 37.3 Å². The second-order valence-electron chi connectivity index (χ2n) is 6.83. The molecule has 0 bridgehead atoms. The van der Waals surface area contributed by atoms with Gasteiger partial charge < -0.3 is 9.30 Å². The van der Waals surface area contributed by atoms with Crippen LogP contribution >= 0.6 is 0 Å². The molecule has 0 atom stereocenters. The fraction of sp³-hybridized carbons (Fsp3) is 0.143. The minimum absolute atomic E-state index is 0.0114. The summed E-state index contributed by atoms with van der Waals surface area (Å²) >= 11 is 0. The van der Waals surface area contributed by atoms with E-state index in [1.165, 1.54) is 42.2 Å². The summed E-state index contributed by atoms with van der Waals surface area (Å²) in [4.78, 5) is 16.5. The lowest BCUT2D eigenvalue weighted by Crippen LogP contribution is -2.19. The van der Waals surface area contributed by atoms with Crippen molar-refractivity contribution in [2.75, 3.05) is 10.5 Å². The van der Waals surface area contributed by atoms with E-state index in [1.54, 1.807) is 41.9 Å². The third-order valence-corrected chi connectivity index (χ3v) is 6.03. The second kappa shape index (κ2) is 7.88. The topological polar surface area (TPSA) is 94.7 Å². The van der Waals surface area contributed by atoms with Gasteiger partial charge in [0.2, 0.25) is 10.0 Å². The van der Waals surface area contributed by atoms with Crippen LogP contribution in [0.2, 0.25) is 0 Å². The molecule has 0 aliphatic heterocycles. The predicted octanol–water partition coefficient (Wildman–Crippen LogP) is 3.39. The van der Waals surface area contributed by atoms with Crippen LogP contribution < -0.4 is 15.0 Å². The van der Waals surface area contributed by atoms with Crippen LogP contribution in [0.3, 0.4) is 0 Å². The maximum atomic E-state index is 14.2. The number of fused-ring (bicyclic) bond motifs is 1. The predicted molar refractivity (Wildman–Crippen MR) is 115 cm³/mol. The number of ether oxygens (including phenoxy) is 1. The van der Waals surface area contributed by atoms with Crippen LogP contribution in [0.4, 0.5) is 10.1 Å². The first-order chi connectivity index (χ1) is 14.8. The first-order valence-electron chi connectivity index (χ1n) is 9.38. The van der Waals surface area contributed by atoms with Crippen LogP contribution in [0.15, 0.2) is 66.0 Å². The standard InChI is InChI=1S/C21H19FN4O4S/c1-3-31(28,29)24-14-8-9-19(30-20-7-5-4-6-16(20)22)15(10-14)18-12-25(2)21(27)17-11-23-13-26(17)18/h4-13,24H,3H2,1-2H3. The molecule has 1 N–H and O–H groups in total. The summed E-state index contributed by atoms with van der Waals surface area (Å²) in [6, 6.07) is 10.6. The molecule has 0 spiro atoms. The zero-order valence-electron chi connectivity index (χ0n) is 16.7. The largest absolute Gasteiger partial charge is 0.454 e. The van der Waals surface area contributed by atoms with Gasteiger partial charge in [-0.2, -0.15) is 0 Å². The number of aromatic nitrogens is 3. The molecule has 0 fully saturated rings. The van der Waals surface area contributed by atoms with E-state index in [2.05, 4.69) is 9.71 Å². The fourth-order valence-electron chi connectivity index (χ4n) is 3.11. The molecule has 160 valence electrons. The molecule has 4 aromatic rings. The summed E-state index contributed by atoms with van der Waals surface area (Å²) in [7, 11) is -1.92. The molecular formula is C21H19FN4O4S. The van der Waals surface area contributed by atoms with Gasteiger partial charge in [-0.3, -0.25) is 13.9 Å². The molecule has 8 nitrogen and oxygen atoms in total. The molecule has 0 radical (unpaired) electrons. The minimum Gasteiger partial charge on any atom is -0.454 e. The van der Waals surface area contributed by atoms with Gasteiger partial charge >= 0.3 is 0 Å². The number of para-hydroxylation sites is 1. The molecular weight excluding hydrogens is 423 g/mol. The molecule has 0 saturated heterocycles. The van der Waals surface area contributed by atoms with Crippen molar-refractivity contribution in [1.82, 2.24) is 14.0 Å². The SMILES string of the molecule is CCS(=O)(=O)Nc1ccc(Oc2ccccc2F)c(-c2cn(C)c(=O)c3cncn23)c1. The number of aryl methyl sites for hydroxylation is 1. The maximum absolute atomic E-state index is 14.2. The molecule has 0 aliphatic rings. The van der Waals surface area contributed by atoms with Crippen LogP contribution in [0, 0.1) is 5.82 Å². The zero-order chi connectivity index (χ0) is 22.2. The van der Waals surface area contributed by atoms with Crippen molar-refractivity contribution in [1.29, 1.82) is 0 Å². The number of rotatable bonds is 6. The van der Waals surface area contributed by atoms with Crippen molar-refractivity contribution in [2.24, 2.45) is 7.05 Å². The Morgan fingerprint density at radius 1 is 1.16 bits per heavy atom. The van der Waals surface area contributed by atoms with Gasteiger partial charge in [0.1, 0.15) is 11.3 Å². The van der Waals surface area contributed by atoms with E-state index in [0.29, 0.717) is 22.5 Å². The highest BCUT2D eigenvalue weighted by Crippen LogP contribution is 2.36. The van der Waals surface area contributed by atoms with Crippen molar-refractivity contribution in [2.45, 2.75) is 6.92 Å². The van der Waals surface area contributed by atoms with E-state index in [9.17, 15) is 17.6 Å². The van der Waals surface area contributed by atoms with Crippen molar-refractivity contribution in [3.63, 3.8) is 0 Å². The number of benzene rings is 2. The summed E-state index contributed by atoms with van der Waals surface area (Å²) in [6.07, 6.45) is 4.49. The van der Waals surface area contributed by atoms with Crippen LogP contribution in [-0.2, 0) is 17.1 Å². The number of imidazole rings is 1. The Bertz CT molecular complexity index is 1440. The number of sulfonamides is 1. The Labute approximate surface area is 177 Å². The number of halogens is 1. The van der Waals surface area contributed by atoms with Crippen molar-refractivity contribution in [3.8, 4) is 22.8 Å². The molecule has 0 unspecified atom stereocenters. The highest BCUT2D eigenvalue weighted by atomic mass is 32.2. The molecule has 2 aromatic heterocycles. The van der Waals surface area contributed by atoms with E-state index in [-0.39, 0.29) is 22.8 Å². The molecule has 2 aromatic carbocycles. The fourth-order valence-corrected chi connectivity index (χ4v) is 3.74. The summed E-state index contributed by atoms with van der Waals surface area (Å²) < 4.78 is 49.6. The van der Waals surface area contributed by atoms with Crippen LogP contribution in [-0.4, -0.2) is 28.1 Å². The van der Waals surface area contributed by atoms with Crippen molar-refractivity contribution in [3.05, 3.63) is 77.4 Å². The number of anilines is 1. The summed E-state index contributed by atoms with van der Waals surface area (Å²) in [6.45, 7) is 1.53. The van der Waals surface area contributed by atoms with E-state index in [1.807, 2.05) is 0 Å². The lowest BCUT2D eigenvalue weighted by atomic mass is 10.1. The quantitative estimate of drug-likeness (QED) is 0.494. The van der Waals surface area contributed by atoms with E-state index >= 15 is 0 Å². The first-order valence-corrected chi connectivity index (χ1v) is 11.0. The molecule has 31 heavy (non-hydrogen) atoms. The third-order valence-electron chi connectivity index (χ3n) is 4.72. The average molecular weight is 442 g/mol. The molecule has 2 heterocycles. The van der Waals surface area contributed by atoms with Crippen molar-refractivity contribution < 1.29 is 17.5 Å². The Morgan fingerprint density at radius 3 is 2.68 bits per heavy atom. The maximum Gasteiger partial charge on any atom is 0.276 e. The monoisotopic (exact) mass is 442 g/mol. The molecule has 0 amide bonds.